The van der Waals surface area contributed by atoms with E-state index in [1.165, 1.54) is 25.1 Å². The van der Waals surface area contributed by atoms with Crippen molar-refractivity contribution in [1.29, 1.82) is 0 Å². The fourth-order valence-corrected chi connectivity index (χ4v) is 2.92. The van der Waals surface area contributed by atoms with Crippen LogP contribution in [0.1, 0.15) is 35.8 Å². The molecule has 0 amide bonds. The smallest absolute Gasteiger partial charge is 0.419 e. The largest absolute Gasteiger partial charge is 0.508 e. The zero-order valence-electron chi connectivity index (χ0n) is 9.50. The minimum absolute atomic E-state index is 0.0881. The molecule has 100 valence electrons. The molecule has 6 heteroatoms. The van der Waals surface area contributed by atoms with Crippen LogP contribution in [-0.2, 0) is 0 Å². The molecule has 2 rings (SSSR count). The molecule has 0 fully saturated rings. The zero-order valence-corrected chi connectivity index (χ0v) is 10.3. The van der Waals surface area contributed by atoms with Crippen LogP contribution in [0.3, 0.4) is 0 Å². The Kier molecular flexibility index (Phi) is 3.02. The minimum atomic E-state index is -4.81. The van der Waals surface area contributed by atoms with Gasteiger partial charge in [-0.15, -0.1) is 11.6 Å². The van der Waals surface area contributed by atoms with Crippen LogP contribution in [0, 0.1) is 0 Å². The molecule has 2 nitrogen and oxygen atoms in total. The molecule has 3 unspecified atom stereocenters. The molecule has 1 aromatic rings. The van der Waals surface area contributed by atoms with Gasteiger partial charge in [0.25, 0.3) is 0 Å². The molecule has 3 atom stereocenters. The van der Waals surface area contributed by atoms with Gasteiger partial charge in [-0.25, -0.2) is 0 Å². The highest BCUT2D eigenvalue weighted by molar-refractivity contribution is 6.22. The fourth-order valence-electron chi connectivity index (χ4n) is 2.52. The van der Waals surface area contributed by atoms with Gasteiger partial charge in [-0.05, 0) is 24.0 Å². The van der Waals surface area contributed by atoms with E-state index < -0.39 is 29.5 Å². The Hall–Kier alpha value is -0.940. The van der Waals surface area contributed by atoms with Crippen LogP contribution in [0.5, 0.6) is 5.75 Å². The summed E-state index contributed by atoms with van der Waals surface area (Å²) < 4.78 is 38.8. The van der Waals surface area contributed by atoms with Gasteiger partial charge in [0.1, 0.15) is 5.75 Å². The van der Waals surface area contributed by atoms with E-state index in [-0.39, 0.29) is 11.3 Å². The molecule has 0 bridgehead atoms. The number of phenols is 1. The van der Waals surface area contributed by atoms with Crippen LogP contribution in [0.2, 0.25) is 0 Å². The first-order chi connectivity index (χ1) is 8.18. The van der Waals surface area contributed by atoms with Crippen molar-refractivity contribution in [3.05, 3.63) is 29.3 Å². The van der Waals surface area contributed by atoms with Crippen molar-refractivity contribution in [1.82, 2.24) is 0 Å². The first-order valence-corrected chi connectivity index (χ1v) is 5.87. The summed E-state index contributed by atoms with van der Waals surface area (Å²) >= 11 is 5.80. The molecule has 0 saturated heterocycles. The summed E-state index contributed by atoms with van der Waals surface area (Å²) in [4.78, 5) is 0. The summed E-state index contributed by atoms with van der Waals surface area (Å²) in [6.45, 7) is 1.53. The molecule has 0 spiro atoms. The Balaban J connectivity index is 2.59. The van der Waals surface area contributed by atoms with Crippen molar-refractivity contribution in [2.45, 2.75) is 36.4 Å². The summed E-state index contributed by atoms with van der Waals surface area (Å²) in [7, 11) is 0. The molecular formula is C12H12ClF3O2. The third-order valence-corrected chi connectivity index (χ3v) is 4.01. The third-order valence-electron chi connectivity index (χ3n) is 3.41. The molecule has 1 aromatic carbocycles. The van der Waals surface area contributed by atoms with Crippen LogP contribution in [-0.4, -0.2) is 22.0 Å². The molecule has 0 saturated carbocycles. The predicted molar refractivity (Wildman–Crippen MR) is 60.7 cm³/mol. The molecule has 1 aliphatic rings. The van der Waals surface area contributed by atoms with Crippen LogP contribution in [0.25, 0.3) is 0 Å². The molecule has 0 radical (unpaired) electrons. The first kappa shape index (κ1) is 13.5. The van der Waals surface area contributed by atoms with Crippen molar-refractivity contribution < 1.29 is 23.4 Å². The van der Waals surface area contributed by atoms with Gasteiger partial charge >= 0.3 is 6.18 Å². The second kappa shape index (κ2) is 4.03. The number of hydrogen-bond acceptors (Lipinski definition) is 2. The standard InChI is InChI=1S/C12H12ClF3O2/c1-6-5-11(18,12(14,15)16)10(13)7-3-2-4-8(17)9(6)7/h2-4,6,10,17-18H,5H2,1H3. The highest BCUT2D eigenvalue weighted by atomic mass is 35.5. The zero-order chi connectivity index (χ0) is 13.7. The summed E-state index contributed by atoms with van der Waals surface area (Å²) in [6.07, 6.45) is -5.37. The first-order valence-electron chi connectivity index (χ1n) is 5.43. The average molecular weight is 281 g/mol. The number of aromatic hydroxyl groups is 1. The van der Waals surface area contributed by atoms with Crippen molar-refractivity contribution >= 4 is 11.6 Å². The highest BCUT2D eigenvalue weighted by Gasteiger charge is 2.61. The molecule has 1 aliphatic carbocycles. The molecule has 18 heavy (non-hydrogen) atoms. The van der Waals surface area contributed by atoms with Gasteiger partial charge in [0.2, 0.25) is 0 Å². The van der Waals surface area contributed by atoms with Gasteiger partial charge < -0.3 is 10.2 Å². The number of rotatable bonds is 0. The molecule has 0 aromatic heterocycles. The maximum atomic E-state index is 12.9. The molecular weight excluding hydrogens is 269 g/mol. The number of aliphatic hydroxyl groups is 1. The fraction of sp³-hybridized carbons (Fsp3) is 0.500. The lowest BCUT2D eigenvalue weighted by atomic mass is 9.73. The number of fused-ring (bicyclic) bond motifs is 1. The minimum Gasteiger partial charge on any atom is -0.508 e. The third kappa shape index (κ3) is 1.77. The van der Waals surface area contributed by atoms with E-state index in [4.69, 9.17) is 11.6 Å². The van der Waals surface area contributed by atoms with Crippen LogP contribution in [0.15, 0.2) is 18.2 Å². The maximum absolute atomic E-state index is 12.9. The number of phenolic OH excluding ortho intramolecular Hbond substituents is 1. The van der Waals surface area contributed by atoms with Crippen molar-refractivity contribution in [3.8, 4) is 5.75 Å². The quantitative estimate of drug-likeness (QED) is 0.715. The van der Waals surface area contributed by atoms with Crippen LogP contribution < -0.4 is 0 Å². The van der Waals surface area contributed by atoms with Gasteiger partial charge in [-0.3, -0.25) is 0 Å². The van der Waals surface area contributed by atoms with E-state index in [1.807, 2.05) is 0 Å². The van der Waals surface area contributed by atoms with E-state index in [9.17, 15) is 23.4 Å². The van der Waals surface area contributed by atoms with Crippen LogP contribution in [0.4, 0.5) is 13.2 Å². The average Bonchev–Trinajstić information content (AvgIpc) is 2.24. The van der Waals surface area contributed by atoms with Crippen molar-refractivity contribution in [3.63, 3.8) is 0 Å². The lowest BCUT2D eigenvalue weighted by molar-refractivity contribution is -0.267. The van der Waals surface area contributed by atoms with E-state index in [1.54, 1.807) is 0 Å². The summed E-state index contributed by atoms with van der Waals surface area (Å²) in [5.74, 6) is -0.710. The van der Waals surface area contributed by atoms with Crippen LogP contribution >= 0.6 is 11.6 Å². The summed E-state index contributed by atoms with van der Waals surface area (Å²) in [5, 5.41) is 17.9. The Morgan fingerprint density at radius 3 is 2.56 bits per heavy atom. The summed E-state index contributed by atoms with van der Waals surface area (Å²) in [6, 6.07) is 4.22. The lowest BCUT2D eigenvalue weighted by Crippen LogP contribution is -2.51. The lowest BCUT2D eigenvalue weighted by Gasteiger charge is -2.41. The maximum Gasteiger partial charge on any atom is 0.419 e. The Bertz CT molecular complexity index is 475. The Morgan fingerprint density at radius 1 is 1.39 bits per heavy atom. The van der Waals surface area contributed by atoms with Gasteiger partial charge in [0.05, 0.1) is 5.38 Å². The number of halogens is 4. The van der Waals surface area contributed by atoms with Gasteiger partial charge in [-0.2, -0.15) is 13.2 Å². The molecule has 0 heterocycles. The van der Waals surface area contributed by atoms with Gasteiger partial charge in [-0.1, -0.05) is 19.1 Å². The number of alkyl halides is 4. The predicted octanol–water partition coefficient (Wildman–Crippen LogP) is 3.47. The van der Waals surface area contributed by atoms with Crippen molar-refractivity contribution in [2.75, 3.05) is 0 Å². The Labute approximate surface area is 107 Å². The van der Waals surface area contributed by atoms with Gasteiger partial charge in [0, 0.05) is 5.56 Å². The summed E-state index contributed by atoms with van der Waals surface area (Å²) in [5.41, 5.74) is -2.45. The highest BCUT2D eigenvalue weighted by Crippen LogP contribution is 2.55. The van der Waals surface area contributed by atoms with E-state index in [0.29, 0.717) is 5.56 Å². The monoisotopic (exact) mass is 280 g/mol. The topological polar surface area (TPSA) is 40.5 Å². The number of benzene rings is 1. The van der Waals surface area contributed by atoms with Gasteiger partial charge in [0.15, 0.2) is 5.60 Å². The molecule has 0 aliphatic heterocycles. The normalized spacial score (nSPS) is 32.1. The second-order valence-corrected chi connectivity index (χ2v) is 5.11. The van der Waals surface area contributed by atoms with Crippen molar-refractivity contribution in [2.24, 2.45) is 0 Å². The van der Waals surface area contributed by atoms with E-state index in [2.05, 4.69) is 0 Å². The van der Waals surface area contributed by atoms with E-state index in [0.717, 1.165) is 0 Å². The SMILES string of the molecule is CC1CC(O)(C(F)(F)F)C(Cl)c2cccc(O)c21. The molecule has 2 N–H and O–H groups in total. The second-order valence-electron chi connectivity index (χ2n) is 4.67. The Morgan fingerprint density at radius 2 is 2.00 bits per heavy atom. The van der Waals surface area contributed by atoms with E-state index >= 15 is 0 Å². The number of hydrogen-bond donors (Lipinski definition) is 2.